The predicted octanol–water partition coefficient (Wildman–Crippen LogP) is 0.481. The van der Waals surface area contributed by atoms with Crippen molar-refractivity contribution in [2.75, 3.05) is 0 Å². The van der Waals surface area contributed by atoms with Crippen molar-refractivity contribution < 1.29 is 14.7 Å². The lowest BCUT2D eigenvalue weighted by molar-refractivity contribution is -0.120. The van der Waals surface area contributed by atoms with Gasteiger partial charge in [0.15, 0.2) is 0 Å². The molecule has 14 heavy (non-hydrogen) atoms. The van der Waals surface area contributed by atoms with Crippen molar-refractivity contribution in [3.8, 4) is 0 Å². The highest BCUT2D eigenvalue weighted by Gasteiger charge is 2.18. The molecule has 0 heterocycles. The standard InChI is InChI=1S/C9H10N2O3/c10-8(12)7(11-9(13)14)6-4-2-1-3-5-6/h1-5,7,11H,(H2,10,12)(H,13,14)/t7-/m0/s1. The van der Waals surface area contributed by atoms with Crippen LogP contribution in [0.25, 0.3) is 0 Å². The number of carbonyl (C=O) groups excluding carboxylic acids is 1. The Morgan fingerprint density at radius 1 is 1.29 bits per heavy atom. The lowest BCUT2D eigenvalue weighted by Gasteiger charge is -2.12. The average Bonchev–Trinajstić information content (AvgIpc) is 2.15. The van der Waals surface area contributed by atoms with E-state index in [-0.39, 0.29) is 0 Å². The quantitative estimate of drug-likeness (QED) is 0.653. The van der Waals surface area contributed by atoms with Crippen molar-refractivity contribution in [2.45, 2.75) is 6.04 Å². The van der Waals surface area contributed by atoms with Crippen LogP contribution in [0.5, 0.6) is 0 Å². The number of nitrogens with two attached hydrogens (primary N) is 1. The summed E-state index contributed by atoms with van der Waals surface area (Å²) in [7, 11) is 0. The minimum Gasteiger partial charge on any atom is -0.465 e. The summed E-state index contributed by atoms with van der Waals surface area (Å²) < 4.78 is 0. The number of hydrogen-bond acceptors (Lipinski definition) is 2. The molecular weight excluding hydrogens is 184 g/mol. The SMILES string of the molecule is NC(=O)[C@@H](NC(=O)O)c1ccccc1. The second kappa shape index (κ2) is 4.27. The third-order valence-electron chi connectivity index (χ3n) is 1.69. The van der Waals surface area contributed by atoms with Crippen LogP contribution in [-0.2, 0) is 4.79 Å². The molecule has 5 heteroatoms. The molecule has 0 spiro atoms. The molecule has 0 radical (unpaired) electrons. The summed E-state index contributed by atoms with van der Waals surface area (Å²) >= 11 is 0. The Labute approximate surface area is 80.5 Å². The third-order valence-corrected chi connectivity index (χ3v) is 1.69. The van der Waals surface area contributed by atoms with Gasteiger partial charge in [-0.05, 0) is 5.56 Å². The Kier molecular flexibility index (Phi) is 3.06. The van der Waals surface area contributed by atoms with E-state index >= 15 is 0 Å². The molecule has 1 rings (SSSR count). The number of rotatable bonds is 3. The van der Waals surface area contributed by atoms with E-state index in [2.05, 4.69) is 0 Å². The molecule has 5 nitrogen and oxygen atoms in total. The molecule has 0 saturated carbocycles. The van der Waals surface area contributed by atoms with Crippen molar-refractivity contribution in [1.29, 1.82) is 0 Å². The molecule has 0 unspecified atom stereocenters. The monoisotopic (exact) mass is 194 g/mol. The molecule has 0 aliphatic carbocycles. The number of benzene rings is 1. The van der Waals surface area contributed by atoms with Crippen LogP contribution in [0.1, 0.15) is 11.6 Å². The first-order chi connectivity index (χ1) is 6.61. The van der Waals surface area contributed by atoms with E-state index in [1.165, 1.54) is 0 Å². The molecule has 0 aliphatic rings. The second-order valence-corrected chi connectivity index (χ2v) is 2.70. The van der Waals surface area contributed by atoms with E-state index in [0.29, 0.717) is 5.56 Å². The van der Waals surface area contributed by atoms with Gasteiger partial charge in [-0.2, -0.15) is 0 Å². The molecule has 1 atom stereocenters. The first kappa shape index (κ1) is 10.0. The fourth-order valence-electron chi connectivity index (χ4n) is 1.09. The molecule has 74 valence electrons. The largest absolute Gasteiger partial charge is 0.465 e. The number of nitrogens with one attached hydrogen (secondary N) is 1. The van der Waals surface area contributed by atoms with Gasteiger partial charge >= 0.3 is 6.09 Å². The fourth-order valence-corrected chi connectivity index (χ4v) is 1.09. The van der Waals surface area contributed by atoms with Crippen LogP contribution in [-0.4, -0.2) is 17.1 Å². The summed E-state index contributed by atoms with van der Waals surface area (Å²) in [6, 6.07) is 7.44. The third kappa shape index (κ3) is 2.48. The molecule has 0 aromatic heterocycles. The van der Waals surface area contributed by atoms with Gasteiger partial charge in [-0.15, -0.1) is 0 Å². The summed E-state index contributed by atoms with van der Waals surface area (Å²) in [5.41, 5.74) is 5.58. The molecule has 0 saturated heterocycles. The van der Waals surface area contributed by atoms with Crippen molar-refractivity contribution >= 4 is 12.0 Å². The Morgan fingerprint density at radius 3 is 2.29 bits per heavy atom. The zero-order valence-electron chi connectivity index (χ0n) is 7.31. The highest BCUT2D eigenvalue weighted by atomic mass is 16.4. The molecule has 2 amide bonds. The summed E-state index contributed by atoms with van der Waals surface area (Å²) in [6.45, 7) is 0. The zero-order valence-corrected chi connectivity index (χ0v) is 7.31. The number of amides is 2. The molecule has 4 N–H and O–H groups in total. The minimum atomic E-state index is -1.28. The first-order valence-electron chi connectivity index (χ1n) is 3.95. The van der Waals surface area contributed by atoms with E-state index in [9.17, 15) is 9.59 Å². The molecule has 1 aromatic carbocycles. The Morgan fingerprint density at radius 2 is 1.86 bits per heavy atom. The Hall–Kier alpha value is -2.04. The summed E-state index contributed by atoms with van der Waals surface area (Å²) in [5.74, 6) is -0.724. The minimum absolute atomic E-state index is 0.530. The summed E-state index contributed by atoms with van der Waals surface area (Å²) in [6.07, 6.45) is -1.28. The van der Waals surface area contributed by atoms with Gasteiger partial charge in [0.25, 0.3) is 0 Å². The Bertz CT molecular complexity index is 337. The van der Waals surface area contributed by atoms with E-state index in [1.807, 2.05) is 5.32 Å². The molecular formula is C9H10N2O3. The highest BCUT2D eigenvalue weighted by Crippen LogP contribution is 2.11. The van der Waals surface area contributed by atoms with Crippen molar-refractivity contribution in [3.63, 3.8) is 0 Å². The first-order valence-corrected chi connectivity index (χ1v) is 3.95. The van der Waals surface area contributed by atoms with Crippen LogP contribution in [0.15, 0.2) is 30.3 Å². The number of carboxylic acid groups (broad SMARTS) is 1. The molecule has 0 fully saturated rings. The van der Waals surface area contributed by atoms with Gasteiger partial charge in [-0.25, -0.2) is 4.79 Å². The summed E-state index contributed by atoms with van der Waals surface area (Å²) in [4.78, 5) is 21.3. The van der Waals surface area contributed by atoms with Crippen LogP contribution in [0.3, 0.4) is 0 Å². The maximum absolute atomic E-state index is 10.9. The normalized spacial score (nSPS) is 11.7. The fraction of sp³-hybridized carbons (Fsp3) is 0.111. The number of primary amides is 1. The molecule has 0 bridgehead atoms. The van der Waals surface area contributed by atoms with Crippen molar-refractivity contribution in [3.05, 3.63) is 35.9 Å². The van der Waals surface area contributed by atoms with Gasteiger partial charge in [0.1, 0.15) is 6.04 Å². The summed E-state index contributed by atoms with van der Waals surface area (Å²) in [5, 5.41) is 10.5. The van der Waals surface area contributed by atoms with Gasteiger partial charge in [-0.3, -0.25) is 4.79 Å². The van der Waals surface area contributed by atoms with Gasteiger partial charge in [0, 0.05) is 0 Å². The van der Waals surface area contributed by atoms with Crippen molar-refractivity contribution in [2.24, 2.45) is 5.73 Å². The highest BCUT2D eigenvalue weighted by molar-refractivity contribution is 5.85. The lowest BCUT2D eigenvalue weighted by atomic mass is 10.1. The van der Waals surface area contributed by atoms with Crippen LogP contribution >= 0.6 is 0 Å². The Balaban J connectivity index is 2.89. The van der Waals surface area contributed by atoms with Crippen LogP contribution in [0, 0.1) is 0 Å². The van der Waals surface area contributed by atoms with Gasteiger partial charge in [0.05, 0.1) is 0 Å². The average molecular weight is 194 g/mol. The zero-order chi connectivity index (χ0) is 10.6. The lowest BCUT2D eigenvalue weighted by Crippen LogP contribution is -2.36. The topological polar surface area (TPSA) is 92.4 Å². The van der Waals surface area contributed by atoms with Crippen molar-refractivity contribution in [1.82, 2.24) is 5.32 Å². The van der Waals surface area contributed by atoms with Gasteiger partial charge in [0.2, 0.25) is 5.91 Å². The molecule has 1 aromatic rings. The van der Waals surface area contributed by atoms with E-state index in [4.69, 9.17) is 10.8 Å². The van der Waals surface area contributed by atoms with E-state index in [0.717, 1.165) is 0 Å². The van der Waals surface area contributed by atoms with Crippen LogP contribution in [0.2, 0.25) is 0 Å². The number of hydrogen-bond donors (Lipinski definition) is 3. The van der Waals surface area contributed by atoms with Crippen LogP contribution in [0.4, 0.5) is 4.79 Å². The maximum Gasteiger partial charge on any atom is 0.405 e. The van der Waals surface area contributed by atoms with E-state index < -0.39 is 18.0 Å². The van der Waals surface area contributed by atoms with Gasteiger partial charge < -0.3 is 16.2 Å². The smallest absolute Gasteiger partial charge is 0.405 e. The second-order valence-electron chi connectivity index (χ2n) is 2.70. The predicted molar refractivity (Wildman–Crippen MR) is 49.5 cm³/mol. The number of carbonyl (C=O) groups is 2. The maximum atomic E-state index is 10.9. The van der Waals surface area contributed by atoms with Gasteiger partial charge in [-0.1, -0.05) is 30.3 Å². The molecule has 0 aliphatic heterocycles. The van der Waals surface area contributed by atoms with Crippen LogP contribution < -0.4 is 11.1 Å². The van der Waals surface area contributed by atoms with E-state index in [1.54, 1.807) is 30.3 Å².